The Bertz CT molecular complexity index is 38.5. The summed E-state index contributed by atoms with van der Waals surface area (Å²) in [5.74, 6) is 0. The van der Waals surface area contributed by atoms with Gasteiger partial charge >= 0.3 is 7.63 Å². The quantitative estimate of drug-likeness (QED) is 0.350. The highest BCUT2D eigenvalue weighted by atomic mass is 32.1. The van der Waals surface area contributed by atoms with E-state index in [9.17, 15) is 0 Å². The fourth-order valence-corrected chi connectivity index (χ4v) is 0. The van der Waals surface area contributed by atoms with Crippen molar-refractivity contribution in [3.63, 3.8) is 0 Å². The molecule has 0 radical (unpaired) electrons. The Morgan fingerprint density at radius 3 is 1.50 bits per heavy atom. The minimum atomic E-state index is -3.59. The van der Waals surface area contributed by atoms with Crippen molar-refractivity contribution in [2.45, 2.75) is 0 Å². The molecule has 1 unspecified atom stereocenters. The van der Waals surface area contributed by atoms with Crippen LogP contribution in [0.2, 0.25) is 0 Å². The molecule has 0 amide bonds. The molecule has 0 aliphatic rings. The van der Waals surface area contributed by atoms with Crippen LogP contribution in [0.3, 0.4) is 0 Å². The summed E-state index contributed by atoms with van der Waals surface area (Å²) in [6, 6.07) is 0. The van der Waals surface area contributed by atoms with Gasteiger partial charge in [-0.25, -0.2) is 0 Å². The molecule has 0 rings (SSSR count). The predicted molar refractivity (Wildman–Crippen MR) is 26.1 cm³/mol. The Hall–Kier alpha value is 0.700. The molecule has 0 aromatic heterocycles. The van der Waals surface area contributed by atoms with Crippen molar-refractivity contribution in [1.29, 1.82) is 0 Å². The van der Waals surface area contributed by atoms with Gasteiger partial charge in [0.05, 0.1) is 0 Å². The Balaban J connectivity index is 3.17. The third kappa shape index (κ3) is 4.70. The lowest BCUT2D eigenvalue weighted by Crippen LogP contribution is -1.81. The summed E-state index contributed by atoms with van der Waals surface area (Å²) in [6.45, 7) is 0. The van der Waals surface area contributed by atoms with Crippen LogP contribution in [0.25, 0.3) is 0 Å². The first-order valence-electron chi connectivity index (χ1n) is 1.11. The lowest BCUT2D eigenvalue weighted by Gasteiger charge is -1.93. The van der Waals surface area contributed by atoms with Crippen LogP contribution in [-0.4, -0.2) is 14.7 Å². The van der Waals surface area contributed by atoms with E-state index in [1.165, 1.54) is 0 Å². The third-order valence-corrected chi connectivity index (χ3v) is 1.56. The molecule has 0 spiro atoms. The molecule has 0 aromatic rings. The molecule has 0 heterocycles. The molecule has 6 heteroatoms. The zero-order chi connectivity index (χ0) is 5.21. The second kappa shape index (κ2) is 2.12. The molecule has 0 saturated carbocycles. The highest BCUT2D eigenvalue weighted by Crippen LogP contribution is 2.59. The molecule has 0 aliphatic carbocycles. The van der Waals surface area contributed by atoms with Gasteiger partial charge in [0.2, 0.25) is 8.42 Å². The molecule has 0 saturated heterocycles. The lowest BCUT2D eigenvalue weighted by atomic mass is 13.9. The maximum atomic E-state index is 7.94. The Labute approximate surface area is 37.3 Å². The molecular weight excluding hydrogens is 124 g/mol. The van der Waals surface area contributed by atoms with Crippen molar-refractivity contribution < 1.29 is 14.7 Å². The van der Waals surface area contributed by atoms with Crippen molar-refractivity contribution in [3.8, 4) is 0 Å². The highest BCUT2D eigenvalue weighted by Gasteiger charge is 2.26. The van der Waals surface area contributed by atoms with Gasteiger partial charge in [-0.1, -0.05) is 0 Å². The molecule has 38 valence electrons. The first-order chi connectivity index (χ1) is 2.56. The van der Waals surface area contributed by atoms with Gasteiger partial charge in [-0.05, 0) is 0 Å². The first kappa shape index (κ1) is 6.70. The van der Waals surface area contributed by atoms with Gasteiger partial charge in [0.25, 0.3) is 0 Å². The number of hydrogen-bond acceptors (Lipinski definition) is 4. The maximum Gasteiger partial charge on any atom is 0.433 e. The van der Waals surface area contributed by atoms with Gasteiger partial charge < -0.3 is 0 Å². The van der Waals surface area contributed by atoms with Crippen LogP contribution < -0.4 is 5.50 Å². The largest absolute Gasteiger partial charge is 0.433 e. The number of rotatable bonds is 1. The Kier molecular flexibility index (Phi) is 2.37. The molecule has 4 nitrogen and oxygen atoms in total. The second-order valence-corrected chi connectivity index (χ2v) is 4.67. The van der Waals surface area contributed by atoms with Crippen LogP contribution in [-0.2, 0) is 0 Å². The summed E-state index contributed by atoms with van der Waals surface area (Å²) in [7, 11) is -4.25. The molecule has 0 aliphatic heterocycles. The minimum absolute atomic E-state index is 0.655. The van der Waals surface area contributed by atoms with Gasteiger partial charge in [-0.2, -0.15) is 14.7 Å². The van der Waals surface area contributed by atoms with E-state index in [0.29, 0.717) is 0 Å². The highest BCUT2D eigenvalue weighted by molar-refractivity contribution is 8.21. The molecule has 0 fully saturated rings. The van der Waals surface area contributed by atoms with E-state index in [-0.39, 0.29) is 0 Å². The summed E-state index contributed by atoms with van der Waals surface area (Å²) in [6.07, 6.45) is 0. The van der Waals surface area contributed by atoms with E-state index >= 15 is 0 Å². The second-order valence-electron chi connectivity index (χ2n) is 0.697. The normalized spacial score (nSPS) is 14.0. The van der Waals surface area contributed by atoms with Gasteiger partial charge in [-0.3, -0.25) is 5.50 Å². The van der Waals surface area contributed by atoms with Crippen molar-refractivity contribution in [1.82, 2.24) is 0 Å². The molecular formula is H6NO3P2+. The molecule has 0 aromatic carbocycles. The predicted octanol–water partition coefficient (Wildman–Crippen LogP) is -0.807. The fraction of sp³-hybridized carbons (Fsp3) is 0. The molecule has 0 bridgehead atoms. The first-order valence-corrected chi connectivity index (χ1v) is 4.68. The monoisotopic (exact) mass is 130 g/mol. The summed E-state index contributed by atoms with van der Waals surface area (Å²) in [5.41, 5.74) is 4.63. The van der Waals surface area contributed by atoms with E-state index in [1.807, 2.05) is 0 Å². The average molecular weight is 130 g/mol. The lowest BCUT2D eigenvalue weighted by molar-refractivity contribution is 0.357. The van der Waals surface area contributed by atoms with E-state index in [4.69, 9.17) is 14.7 Å². The van der Waals surface area contributed by atoms with Gasteiger partial charge in [0.15, 0.2) is 0 Å². The van der Waals surface area contributed by atoms with E-state index < -0.39 is 16.1 Å². The minimum Gasteiger partial charge on any atom is -0.274 e. The van der Waals surface area contributed by atoms with Crippen molar-refractivity contribution in [3.05, 3.63) is 0 Å². The Morgan fingerprint density at radius 2 is 1.50 bits per heavy atom. The SMILES string of the molecule is NP[P+](O)(O)O. The summed E-state index contributed by atoms with van der Waals surface area (Å²) in [5, 5.41) is 0. The van der Waals surface area contributed by atoms with Gasteiger partial charge in [-0.15, -0.1) is 0 Å². The average Bonchev–Trinajstić information content (AvgIpc) is 1.35. The summed E-state index contributed by atoms with van der Waals surface area (Å²) >= 11 is 0. The van der Waals surface area contributed by atoms with Crippen molar-refractivity contribution in [2.75, 3.05) is 0 Å². The van der Waals surface area contributed by atoms with Crippen LogP contribution in [0.5, 0.6) is 0 Å². The smallest absolute Gasteiger partial charge is 0.274 e. The van der Waals surface area contributed by atoms with Crippen LogP contribution in [0.15, 0.2) is 0 Å². The fourth-order valence-electron chi connectivity index (χ4n) is 0. The van der Waals surface area contributed by atoms with Gasteiger partial charge in [0, 0.05) is 0 Å². The van der Waals surface area contributed by atoms with Crippen LogP contribution in [0.4, 0.5) is 0 Å². The van der Waals surface area contributed by atoms with Gasteiger partial charge in [0.1, 0.15) is 0 Å². The van der Waals surface area contributed by atoms with Crippen molar-refractivity contribution in [2.24, 2.45) is 5.50 Å². The maximum absolute atomic E-state index is 7.94. The van der Waals surface area contributed by atoms with Crippen LogP contribution in [0.1, 0.15) is 0 Å². The molecule has 1 atom stereocenters. The topological polar surface area (TPSA) is 86.7 Å². The van der Waals surface area contributed by atoms with E-state index in [2.05, 4.69) is 5.50 Å². The number of nitrogens with two attached hydrogens (primary N) is 1. The van der Waals surface area contributed by atoms with Crippen LogP contribution >= 0.6 is 16.1 Å². The van der Waals surface area contributed by atoms with Crippen molar-refractivity contribution >= 4 is 16.1 Å². The zero-order valence-electron chi connectivity index (χ0n) is 2.87. The van der Waals surface area contributed by atoms with E-state index in [0.717, 1.165) is 0 Å². The standard InChI is InChI=1S/H6NO3P2/c1-5-6(2,3)4/h2-5H,1H2/q+1. The molecule has 5 N–H and O–H groups in total. The van der Waals surface area contributed by atoms with E-state index in [1.54, 1.807) is 0 Å². The Morgan fingerprint density at radius 1 is 1.33 bits per heavy atom. The number of hydrogen-bond donors (Lipinski definition) is 4. The summed E-state index contributed by atoms with van der Waals surface area (Å²) in [4.78, 5) is 23.8. The summed E-state index contributed by atoms with van der Waals surface area (Å²) < 4.78 is 0. The molecule has 6 heavy (non-hydrogen) atoms. The third-order valence-electron chi connectivity index (χ3n) is 0.173. The van der Waals surface area contributed by atoms with Crippen LogP contribution in [0, 0.1) is 0 Å². The zero-order valence-corrected chi connectivity index (χ0v) is 4.76.